The quantitative estimate of drug-likeness (QED) is 0.757. The third kappa shape index (κ3) is 3.88. The highest BCUT2D eigenvalue weighted by Crippen LogP contribution is 2.34. The lowest BCUT2D eigenvalue weighted by molar-refractivity contribution is 0.0703. The largest absolute Gasteiger partial charge is 0.494 e. The van der Waals surface area contributed by atoms with Crippen LogP contribution in [0, 0.1) is 0 Å². The summed E-state index contributed by atoms with van der Waals surface area (Å²) in [5.74, 6) is 0.901. The van der Waals surface area contributed by atoms with Crippen LogP contribution in [-0.4, -0.2) is 25.9 Å². The molecule has 0 saturated heterocycles. The first-order valence-electron chi connectivity index (χ1n) is 8.08. The lowest BCUT2D eigenvalue weighted by Crippen LogP contribution is -2.29. The molecule has 2 aromatic carbocycles. The molecular formula is C19H22BrNO2. The molecule has 1 aliphatic rings. The fourth-order valence-corrected chi connectivity index (χ4v) is 3.32. The number of rotatable bonds is 3. The Kier molecular flexibility index (Phi) is 5.23. The van der Waals surface area contributed by atoms with Crippen LogP contribution in [0.4, 0.5) is 11.4 Å². The fourth-order valence-electron chi connectivity index (χ4n) is 2.97. The average Bonchev–Trinajstić information content (AvgIpc) is 2.52. The Morgan fingerprint density at radius 3 is 2.96 bits per heavy atom. The van der Waals surface area contributed by atoms with Crippen LogP contribution in [0.25, 0.3) is 0 Å². The molecule has 0 aliphatic carbocycles. The first-order valence-corrected chi connectivity index (χ1v) is 8.87. The highest BCUT2D eigenvalue weighted by molar-refractivity contribution is 9.10. The van der Waals surface area contributed by atoms with E-state index in [1.54, 1.807) is 0 Å². The summed E-state index contributed by atoms with van der Waals surface area (Å²) in [7, 11) is 0. The molecule has 0 spiro atoms. The number of anilines is 2. The van der Waals surface area contributed by atoms with Crippen molar-refractivity contribution in [1.82, 2.24) is 0 Å². The molecule has 0 aromatic heterocycles. The molecule has 4 heteroatoms. The van der Waals surface area contributed by atoms with Gasteiger partial charge in [-0.25, -0.2) is 0 Å². The Morgan fingerprint density at radius 2 is 2.13 bits per heavy atom. The van der Waals surface area contributed by atoms with Crippen molar-refractivity contribution >= 4 is 27.3 Å². The lowest BCUT2D eigenvalue weighted by atomic mass is 10.0. The molecule has 0 amide bonds. The average molecular weight is 376 g/mol. The number of hydrogen-bond donors (Lipinski definition) is 0. The standard InChI is InChI=1S/C19H22BrNO2/c1-3-22-18-6-4-5-17(13-18)21-9-10-23-14(2)11-15-7-8-16(20)12-19(15)21/h4-8,12-14H,3,9-11H2,1-2H3. The molecule has 1 unspecified atom stereocenters. The van der Waals surface area contributed by atoms with E-state index in [1.807, 2.05) is 19.1 Å². The van der Waals surface area contributed by atoms with Gasteiger partial charge in [0.2, 0.25) is 0 Å². The number of fused-ring (bicyclic) bond motifs is 1. The summed E-state index contributed by atoms with van der Waals surface area (Å²) in [6.07, 6.45) is 1.16. The van der Waals surface area contributed by atoms with E-state index in [1.165, 1.54) is 11.3 Å². The molecule has 0 bridgehead atoms. The van der Waals surface area contributed by atoms with Gasteiger partial charge in [-0.2, -0.15) is 0 Å². The van der Waals surface area contributed by atoms with Gasteiger partial charge in [-0.3, -0.25) is 0 Å². The van der Waals surface area contributed by atoms with Crippen LogP contribution in [-0.2, 0) is 11.2 Å². The number of halogens is 1. The third-order valence-electron chi connectivity index (χ3n) is 4.00. The Hall–Kier alpha value is -1.52. The van der Waals surface area contributed by atoms with Crippen molar-refractivity contribution in [3.8, 4) is 5.75 Å². The molecule has 0 radical (unpaired) electrons. The monoisotopic (exact) mass is 375 g/mol. The first kappa shape index (κ1) is 16.3. The topological polar surface area (TPSA) is 21.7 Å². The molecule has 3 rings (SSSR count). The maximum absolute atomic E-state index is 5.91. The van der Waals surface area contributed by atoms with Gasteiger partial charge < -0.3 is 14.4 Å². The van der Waals surface area contributed by atoms with Crippen LogP contribution >= 0.6 is 15.9 Å². The normalized spacial score (nSPS) is 18.0. The van der Waals surface area contributed by atoms with Crippen LogP contribution in [0.15, 0.2) is 46.9 Å². The number of benzene rings is 2. The molecule has 122 valence electrons. The zero-order valence-electron chi connectivity index (χ0n) is 13.6. The Labute approximate surface area is 146 Å². The van der Waals surface area contributed by atoms with Gasteiger partial charge in [-0.05, 0) is 43.7 Å². The van der Waals surface area contributed by atoms with Crippen LogP contribution < -0.4 is 9.64 Å². The maximum atomic E-state index is 5.91. The minimum atomic E-state index is 0.242. The molecule has 1 atom stereocenters. The van der Waals surface area contributed by atoms with Crippen molar-refractivity contribution < 1.29 is 9.47 Å². The summed E-state index contributed by atoms with van der Waals surface area (Å²) in [5, 5.41) is 0. The summed E-state index contributed by atoms with van der Waals surface area (Å²) in [5.41, 5.74) is 3.68. The van der Waals surface area contributed by atoms with E-state index in [9.17, 15) is 0 Å². The second-order valence-corrected chi connectivity index (χ2v) is 6.66. The number of hydrogen-bond acceptors (Lipinski definition) is 3. The molecule has 0 N–H and O–H groups in total. The molecule has 0 fully saturated rings. The minimum Gasteiger partial charge on any atom is -0.494 e. The van der Waals surface area contributed by atoms with Gasteiger partial charge >= 0.3 is 0 Å². The van der Waals surface area contributed by atoms with Gasteiger partial charge in [-0.1, -0.05) is 28.1 Å². The van der Waals surface area contributed by atoms with E-state index in [0.717, 1.165) is 28.9 Å². The smallest absolute Gasteiger partial charge is 0.121 e. The summed E-state index contributed by atoms with van der Waals surface area (Å²) in [4.78, 5) is 2.31. The van der Waals surface area contributed by atoms with Crippen molar-refractivity contribution in [2.45, 2.75) is 26.4 Å². The number of nitrogens with zero attached hydrogens (tertiary/aromatic N) is 1. The zero-order valence-corrected chi connectivity index (χ0v) is 15.2. The lowest BCUT2D eigenvalue weighted by Gasteiger charge is -2.31. The van der Waals surface area contributed by atoms with E-state index < -0.39 is 0 Å². The second kappa shape index (κ2) is 7.37. The molecule has 23 heavy (non-hydrogen) atoms. The summed E-state index contributed by atoms with van der Waals surface area (Å²) in [6, 6.07) is 14.7. The van der Waals surface area contributed by atoms with Crippen molar-refractivity contribution in [3.63, 3.8) is 0 Å². The van der Waals surface area contributed by atoms with Gasteiger partial charge in [-0.15, -0.1) is 0 Å². The van der Waals surface area contributed by atoms with Gasteiger partial charge in [0.05, 0.1) is 19.3 Å². The van der Waals surface area contributed by atoms with E-state index in [4.69, 9.17) is 9.47 Å². The van der Waals surface area contributed by atoms with Crippen LogP contribution in [0.1, 0.15) is 19.4 Å². The summed E-state index contributed by atoms with van der Waals surface area (Å²) < 4.78 is 12.7. The third-order valence-corrected chi connectivity index (χ3v) is 4.50. The van der Waals surface area contributed by atoms with Crippen molar-refractivity contribution in [3.05, 3.63) is 52.5 Å². The molecule has 1 aliphatic heterocycles. The summed E-state index contributed by atoms with van der Waals surface area (Å²) in [6.45, 7) is 6.35. The highest BCUT2D eigenvalue weighted by Gasteiger charge is 2.19. The fraction of sp³-hybridized carbons (Fsp3) is 0.368. The van der Waals surface area contributed by atoms with Gasteiger partial charge in [0.25, 0.3) is 0 Å². The Balaban J connectivity index is 2.03. The molecule has 1 heterocycles. The Bertz CT molecular complexity index is 674. The zero-order chi connectivity index (χ0) is 16.2. The molecular weight excluding hydrogens is 354 g/mol. The van der Waals surface area contributed by atoms with Crippen molar-refractivity contribution in [1.29, 1.82) is 0 Å². The van der Waals surface area contributed by atoms with E-state index in [2.05, 4.69) is 58.1 Å². The predicted molar refractivity (Wildman–Crippen MR) is 97.9 cm³/mol. The van der Waals surface area contributed by atoms with Crippen LogP contribution in [0.5, 0.6) is 5.75 Å². The van der Waals surface area contributed by atoms with E-state index in [-0.39, 0.29) is 6.10 Å². The summed E-state index contributed by atoms with van der Waals surface area (Å²) >= 11 is 3.61. The molecule has 2 aromatic rings. The molecule has 3 nitrogen and oxygen atoms in total. The predicted octanol–water partition coefficient (Wildman–Crippen LogP) is 4.95. The van der Waals surface area contributed by atoms with Crippen LogP contribution in [0.2, 0.25) is 0 Å². The first-order chi connectivity index (χ1) is 11.2. The van der Waals surface area contributed by atoms with Crippen molar-refractivity contribution in [2.75, 3.05) is 24.7 Å². The maximum Gasteiger partial charge on any atom is 0.121 e. The van der Waals surface area contributed by atoms with Gasteiger partial charge in [0, 0.05) is 34.9 Å². The van der Waals surface area contributed by atoms with Gasteiger partial charge in [0.15, 0.2) is 0 Å². The number of ether oxygens (including phenoxy) is 2. The molecule has 0 saturated carbocycles. The van der Waals surface area contributed by atoms with Gasteiger partial charge in [0.1, 0.15) is 5.75 Å². The SMILES string of the molecule is CCOc1cccc(N2CCOC(C)Cc3ccc(Br)cc32)c1. The minimum absolute atomic E-state index is 0.242. The van der Waals surface area contributed by atoms with E-state index >= 15 is 0 Å². The second-order valence-electron chi connectivity index (χ2n) is 5.74. The van der Waals surface area contributed by atoms with Crippen molar-refractivity contribution in [2.24, 2.45) is 0 Å². The highest BCUT2D eigenvalue weighted by atomic mass is 79.9. The Morgan fingerprint density at radius 1 is 1.26 bits per heavy atom. The van der Waals surface area contributed by atoms with E-state index in [0.29, 0.717) is 13.2 Å². The van der Waals surface area contributed by atoms with Crippen LogP contribution in [0.3, 0.4) is 0 Å².